The van der Waals surface area contributed by atoms with E-state index in [2.05, 4.69) is 15.0 Å². The van der Waals surface area contributed by atoms with Gasteiger partial charge in [-0.15, -0.1) is 11.3 Å². The number of carboxylic acids is 1. The predicted molar refractivity (Wildman–Crippen MR) is 118 cm³/mol. The Kier molecular flexibility index (Phi) is 5.14. The zero-order valence-corrected chi connectivity index (χ0v) is 17.6. The van der Waals surface area contributed by atoms with Crippen LogP contribution in [-0.4, -0.2) is 43.7 Å². The summed E-state index contributed by atoms with van der Waals surface area (Å²) < 4.78 is 16.4. The van der Waals surface area contributed by atoms with Gasteiger partial charge in [0.25, 0.3) is 0 Å². The van der Waals surface area contributed by atoms with Crippen molar-refractivity contribution in [2.45, 2.75) is 12.8 Å². The molecule has 0 aliphatic carbocycles. The standard InChI is InChI=1S/C22H18FN5O3S/c23-17-9-15-18(29)16(21(30)31)12-28(22-25-7-8-32-22)19(15)26-20(17)27-10-14(11-27)2-1-13-3-5-24-6-4-13/h3-9,12,14H,1-2,10-11H2,(H,30,31). The molecule has 1 N–H and O–H groups in total. The fourth-order valence-corrected chi connectivity index (χ4v) is 4.53. The van der Waals surface area contributed by atoms with Crippen LogP contribution in [-0.2, 0) is 6.42 Å². The fourth-order valence-electron chi connectivity index (χ4n) is 3.91. The summed E-state index contributed by atoms with van der Waals surface area (Å²) in [5.74, 6) is -1.46. The number of thiazole rings is 1. The number of aromatic nitrogens is 4. The maximum Gasteiger partial charge on any atom is 0.341 e. The monoisotopic (exact) mass is 451 g/mol. The van der Waals surface area contributed by atoms with E-state index >= 15 is 0 Å². The summed E-state index contributed by atoms with van der Waals surface area (Å²) in [5.41, 5.74) is 0.181. The van der Waals surface area contributed by atoms with Crippen LogP contribution < -0.4 is 10.3 Å². The van der Waals surface area contributed by atoms with Crippen molar-refractivity contribution in [2.75, 3.05) is 18.0 Å². The van der Waals surface area contributed by atoms with E-state index in [4.69, 9.17) is 0 Å². The number of anilines is 1. The first-order chi connectivity index (χ1) is 15.5. The second kappa shape index (κ2) is 8.12. The van der Waals surface area contributed by atoms with Crippen molar-refractivity contribution in [1.82, 2.24) is 19.5 Å². The normalized spacial score (nSPS) is 14.0. The molecule has 1 aliphatic heterocycles. The van der Waals surface area contributed by atoms with Crippen LogP contribution >= 0.6 is 11.3 Å². The Morgan fingerprint density at radius 3 is 2.72 bits per heavy atom. The SMILES string of the molecule is O=C(O)c1cn(-c2nccs2)c2nc(N3CC(CCc4ccncc4)C3)c(F)cc2c1=O. The number of hydrogen-bond donors (Lipinski definition) is 1. The second-order valence-corrected chi connectivity index (χ2v) is 8.56. The van der Waals surface area contributed by atoms with E-state index < -0.39 is 22.8 Å². The minimum Gasteiger partial charge on any atom is -0.477 e. The maximum atomic E-state index is 14.9. The number of rotatable bonds is 6. The molecule has 32 heavy (non-hydrogen) atoms. The highest BCUT2D eigenvalue weighted by Crippen LogP contribution is 2.30. The van der Waals surface area contributed by atoms with Crippen LogP contribution in [0.5, 0.6) is 0 Å². The smallest absolute Gasteiger partial charge is 0.341 e. The zero-order chi connectivity index (χ0) is 22.2. The Labute approximate surface area is 185 Å². The number of fused-ring (bicyclic) bond motifs is 1. The lowest BCUT2D eigenvalue weighted by Gasteiger charge is -2.40. The van der Waals surface area contributed by atoms with Crippen molar-refractivity contribution in [2.24, 2.45) is 5.92 Å². The van der Waals surface area contributed by atoms with Gasteiger partial charge in [0.2, 0.25) is 5.43 Å². The largest absolute Gasteiger partial charge is 0.477 e. The lowest BCUT2D eigenvalue weighted by Crippen LogP contribution is -2.47. The lowest BCUT2D eigenvalue weighted by molar-refractivity contribution is 0.0695. The molecule has 5 rings (SSSR count). The third-order valence-corrected chi connectivity index (χ3v) is 6.39. The summed E-state index contributed by atoms with van der Waals surface area (Å²) in [6.45, 7) is 1.32. The van der Waals surface area contributed by atoms with Crippen LogP contribution in [0.1, 0.15) is 22.3 Å². The highest BCUT2D eigenvalue weighted by molar-refractivity contribution is 7.12. The number of hydrogen-bond acceptors (Lipinski definition) is 7. The van der Waals surface area contributed by atoms with Gasteiger partial charge in [-0.05, 0) is 42.5 Å². The first-order valence-corrected chi connectivity index (χ1v) is 10.9. The zero-order valence-electron chi connectivity index (χ0n) is 16.8. The van der Waals surface area contributed by atoms with Gasteiger partial charge in [-0.2, -0.15) is 0 Å². The fraction of sp³-hybridized carbons (Fsp3) is 0.227. The molecule has 0 atom stereocenters. The molecule has 1 fully saturated rings. The van der Waals surface area contributed by atoms with Gasteiger partial charge in [-0.25, -0.2) is 19.2 Å². The molecule has 0 unspecified atom stereocenters. The average Bonchev–Trinajstić information content (AvgIpc) is 3.29. The van der Waals surface area contributed by atoms with Crippen LogP contribution in [0, 0.1) is 11.7 Å². The molecule has 4 aromatic rings. The molecule has 0 radical (unpaired) electrons. The molecule has 0 aromatic carbocycles. The van der Waals surface area contributed by atoms with Gasteiger partial charge in [-0.3, -0.25) is 14.3 Å². The Hall–Kier alpha value is -3.66. The Bertz CT molecular complexity index is 1350. The molecule has 8 nitrogen and oxygen atoms in total. The van der Waals surface area contributed by atoms with Crippen LogP contribution in [0.4, 0.5) is 10.2 Å². The molecular weight excluding hydrogens is 433 g/mol. The van der Waals surface area contributed by atoms with Crippen molar-refractivity contribution in [3.63, 3.8) is 0 Å². The number of aromatic carboxylic acids is 1. The third-order valence-electron chi connectivity index (χ3n) is 5.62. The van der Waals surface area contributed by atoms with Crippen LogP contribution in [0.25, 0.3) is 16.2 Å². The first kappa shape index (κ1) is 20.3. The van der Waals surface area contributed by atoms with Crippen LogP contribution in [0.2, 0.25) is 0 Å². The van der Waals surface area contributed by atoms with Crippen molar-refractivity contribution < 1.29 is 14.3 Å². The molecule has 4 aromatic heterocycles. The first-order valence-electron chi connectivity index (χ1n) is 10.0. The number of carboxylic acid groups (broad SMARTS) is 1. The van der Waals surface area contributed by atoms with E-state index in [1.165, 1.54) is 27.7 Å². The molecule has 0 spiro atoms. The summed E-state index contributed by atoms with van der Waals surface area (Å²) >= 11 is 1.27. The predicted octanol–water partition coefficient (Wildman–Crippen LogP) is 3.14. The highest BCUT2D eigenvalue weighted by atomic mass is 32.1. The molecule has 1 aliphatic rings. The highest BCUT2D eigenvalue weighted by Gasteiger charge is 2.30. The molecule has 1 saturated heterocycles. The third kappa shape index (κ3) is 3.62. The van der Waals surface area contributed by atoms with Gasteiger partial charge in [-0.1, -0.05) is 0 Å². The van der Waals surface area contributed by atoms with E-state index in [-0.39, 0.29) is 16.9 Å². The van der Waals surface area contributed by atoms with Gasteiger partial charge in [0.05, 0.1) is 5.39 Å². The van der Waals surface area contributed by atoms with Crippen molar-refractivity contribution in [1.29, 1.82) is 0 Å². The Morgan fingerprint density at radius 2 is 2.03 bits per heavy atom. The average molecular weight is 451 g/mol. The molecule has 162 valence electrons. The summed E-state index contributed by atoms with van der Waals surface area (Å²) in [6, 6.07) is 5.06. The van der Waals surface area contributed by atoms with Crippen molar-refractivity contribution in [3.05, 3.63) is 75.5 Å². The van der Waals surface area contributed by atoms with Gasteiger partial charge >= 0.3 is 5.97 Å². The second-order valence-electron chi connectivity index (χ2n) is 7.69. The number of pyridine rings is 3. The minimum absolute atomic E-state index is 0.0869. The van der Waals surface area contributed by atoms with Gasteiger partial charge in [0, 0.05) is 43.3 Å². The van der Waals surface area contributed by atoms with E-state index in [1.807, 2.05) is 17.0 Å². The van der Waals surface area contributed by atoms with Crippen molar-refractivity contribution >= 4 is 34.2 Å². The van der Waals surface area contributed by atoms with Crippen LogP contribution in [0.3, 0.4) is 0 Å². The number of carbonyl (C=O) groups is 1. The summed E-state index contributed by atoms with van der Waals surface area (Å²) in [7, 11) is 0. The summed E-state index contributed by atoms with van der Waals surface area (Å²) in [5, 5.41) is 11.5. The summed E-state index contributed by atoms with van der Waals surface area (Å²) in [4.78, 5) is 38.7. The molecule has 0 bridgehead atoms. The molecular formula is C22H18FN5O3S. The molecule has 5 heterocycles. The molecule has 10 heteroatoms. The summed E-state index contributed by atoms with van der Waals surface area (Å²) in [6.07, 6.45) is 8.21. The Morgan fingerprint density at radius 1 is 1.25 bits per heavy atom. The van der Waals surface area contributed by atoms with Gasteiger partial charge in [0.15, 0.2) is 22.4 Å². The van der Waals surface area contributed by atoms with E-state index in [9.17, 15) is 19.1 Å². The lowest BCUT2D eigenvalue weighted by atomic mass is 9.92. The quantitative estimate of drug-likeness (QED) is 0.481. The number of halogens is 1. The van der Waals surface area contributed by atoms with Gasteiger partial charge in [0.1, 0.15) is 5.56 Å². The van der Waals surface area contributed by atoms with Crippen molar-refractivity contribution in [3.8, 4) is 5.13 Å². The minimum atomic E-state index is -1.38. The molecule has 0 amide bonds. The van der Waals surface area contributed by atoms with Gasteiger partial charge < -0.3 is 10.0 Å². The van der Waals surface area contributed by atoms with E-state index in [1.54, 1.807) is 24.0 Å². The van der Waals surface area contributed by atoms with E-state index in [0.29, 0.717) is 24.1 Å². The topological polar surface area (TPSA) is 101 Å². The molecule has 0 saturated carbocycles. The maximum absolute atomic E-state index is 14.9. The van der Waals surface area contributed by atoms with E-state index in [0.717, 1.165) is 18.9 Å². The Balaban J connectivity index is 1.46. The number of aryl methyl sites for hydroxylation is 1. The number of nitrogens with zero attached hydrogens (tertiary/aromatic N) is 5. The van der Waals surface area contributed by atoms with Crippen LogP contribution in [0.15, 0.2) is 53.2 Å².